The highest BCUT2D eigenvalue weighted by atomic mass is 16.6. The van der Waals surface area contributed by atoms with E-state index in [4.69, 9.17) is 14.2 Å². The van der Waals surface area contributed by atoms with Crippen LogP contribution in [0.4, 0.5) is 0 Å². The molecule has 0 aromatic rings. The van der Waals surface area contributed by atoms with Crippen LogP contribution in [0, 0.1) is 0 Å². The number of carbonyl (C=O) groups is 3. The van der Waals surface area contributed by atoms with Gasteiger partial charge in [-0.1, -0.05) is 306 Å². The van der Waals surface area contributed by atoms with Crippen LogP contribution < -0.4 is 0 Å². The lowest BCUT2D eigenvalue weighted by Gasteiger charge is -2.18. The van der Waals surface area contributed by atoms with E-state index in [0.29, 0.717) is 19.3 Å². The molecule has 0 aliphatic carbocycles. The smallest absolute Gasteiger partial charge is 0.306 e. The van der Waals surface area contributed by atoms with Gasteiger partial charge in [0.1, 0.15) is 13.2 Å². The summed E-state index contributed by atoms with van der Waals surface area (Å²) in [6.07, 6.45) is 80.7. The molecule has 1 atom stereocenters. The molecule has 0 amide bonds. The Balaban J connectivity index is 4.07. The molecule has 6 heteroatoms. The minimum atomic E-state index is -0.769. The summed E-state index contributed by atoms with van der Waals surface area (Å²) in [5, 5.41) is 0. The zero-order valence-corrected chi connectivity index (χ0v) is 49.1. The Morgan fingerprint density at radius 3 is 0.824 bits per heavy atom. The Kier molecular flexibility index (Phi) is 59.7. The summed E-state index contributed by atoms with van der Waals surface area (Å²) in [6, 6.07) is 0. The number of rotatable bonds is 58. The summed E-state index contributed by atoms with van der Waals surface area (Å²) in [6.45, 7) is 6.54. The zero-order valence-electron chi connectivity index (χ0n) is 49.1. The molecule has 0 saturated carbocycles. The molecular formula is C68H120O6. The van der Waals surface area contributed by atoms with Gasteiger partial charge in [0.05, 0.1) is 0 Å². The Hall–Kier alpha value is -3.15. The molecule has 0 saturated heterocycles. The lowest BCUT2D eigenvalue weighted by atomic mass is 10.0. The largest absolute Gasteiger partial charge is 0.462 e. The van der Waals surface area contributed by atoms with Gasteiger partial charge in [-0.15, -0.1) is 0 Å². The fraction of sp³-hybridized carbons (Fsp3) is 0.779. The Morgan fingerprint density at radius 2 is 0.527 bits per heavy atom. The first kappa shape index (κ1) is 70.8. The van der Waals surface area contributed by atoms with Crippen LogP contribution in [-0.2, 0) is 28.6 Å². The molecule has 0 spiro atoms. The molecule has 74 heavy (non-hydrogen) atoms. The summed E-state index contributed by atoms with van der Waals surface area (Å²) < 4.78 is 16.9. The highest BCUT2D eigenvalue weighted by molar-refractivity contribution is 5.71. The molecule has 0 fully saturated rings. The number of allylic oxidation sites excluding steroid dienone is 12. The molecule has 0 radical (unpaired) electrons. The molecule has 0 rings (SSSR count). The summed E-state index contributed by atoms with van der Waals surface area (Å²) >= 11 is 0. The van der Waals surface area contributed by atoms with E-state index < -0.39 is 6.10 Å². The van der Waals surface area contributed by atoms with Gasteiger partial charge in [-0.25, -0.2) is 0 Å². The first-order valence-corrected chi connectivity index (χ1v) is 31.9. The summed E-state index contributed by atoms with van der Waals surface area (Å²) in [4.78, 5) is 38.1. The highest BCUT2D eigenvalue weighted by Gasteiger charge is 2.19. The first-order chi connectivity index (χ1) is 36.5. The van der Waals surface area contributed by atoms with Crippen LogP contribution >= 0.6 is 0 Å². The zero-order chi connectivity index (χ0) is 53.6. The Morgan fingerprint density at radius 1 is 0.284 bits per heavy atom. The normalized spacial score (nSPS) is 12.5. The SMILES string of the molecule is CC/C=C\C/C=C\C/C=C\C/C=C\C/C=C\C/C=C\CCCCCCCCCCCCCCCCC(=O)OCC(COC(=O)CCCCCCCCCCC)OC(=O)CCCCCCCCCCCCCCCC. The number of esters is 3. The van der Waals surface area contributed by atoms with Gasteiger partial charge in [-0.2, -0.15) is 0 Å². The maximum atomic E-state index is 12.8. The predicted octanol–water partition coefficient (Wildman–Crippen LogP) is 21.7. The third kappa shape index (κ3) is 59.7. The highest BCUT2D eigenvalue weighted by Crippen LogP contribution is 2.17. The van der Waals surface area contributed by atoms with Gasteiger partial charge < -0.3 is 14.2 Å². The van der Waals surface area contributed by atoms with E-state index in [9.17, 15) is 14.4 Å². The van der Waals surface area contributed by atoms with Crippen molar-refractivity contribution < 1.29 is 28.6 Å². The number of carbonyl (C=O) groups excluding carboxylic acids is 3. The lowest BCUT2D eigenvalue weighted by Crippen LogP contribution is -2.30. The van der Waals surface area contributed by atoms with Gasteiger partial charge in [0.15, 0.2) is 6.10 Å². The van der Waals surface area contributed by atoms with Crippen LogP contribution in [0.3, 0.4) is 0 Å². The lowest BCUT2D eigenvalue weighted by molar-refractivity contribution is -0.167. The van der Waals surface area contributed by atoms with Crippen molar-refractivity contribution in [2.45, 2.75) is 329 Å². The quantitative estimate of drug-likeness (QED) is 0.0261. The molecule has 1 unspecified atom stereocenters. The monoisotopic (exact) mass is 1030 g/mol. The molecule has 0 aromatic heterocycles. The number of hydrogen-bond donors (Lipinski definition) is 0. The molecular weight excluding hydrogens is 913 g/mol. The summed E-state index contributed by atoms with van der Waals surface area (Å²) in [5.74, 6) is -0.857. The van der Waals surface area contributed by atoms with E-state index in [0.717, 1.165) is 96.3 Å². The van der Waals surface area contributed by atoms with Crippen molar-refractivity contribution in [3.05, 3.63) is 72.9 Å². The molecule has 0 aromatic carbocycles. The molecule has 428 valence electrons. The van der Waals surface area contributed by atoms with Crippen molar-refractivity contribution in [2.24, 2.45) is 0 Å². The van der Waals surface area contributed by atoms with Crippen LogP contribution in [0.15, 0.2) is 72.9 Å². The molecule has 0 N–H and O–H groups in total. The van der Waals surface area contributed by atoms with Crippen molar-refractivity contribution in [3.8, 4) is 0 Å². The van der Waals surface area contributed by atoms with Gasteiger partial charge in [0.25, 0.3) is 0 Å². The molecule has 0 aliphatic rings. The van der Waals surface area contributed by atoms with E-state index in [1.807, 2.05) is 0 Å². The van der Waals surface area contributed by atoms with E-state index >= 15 is 0 Å². The van der Waals surface area contributed by atoms with Gasteiger partial charge >= 0.3 is 17.9 Å². The van der Waals surface area contributed by atoms with Crippen LogP contribution in [-0.4, -0.2) is 37.2 Å². The van der Waals surface area contributed by atoms with Crippen molar-refractivity contribution in [2.75, 3.05) is 13.2 Å². The second kappa shape index (κ2) is 62.4. The van der Waals surface area contributed by atoms with Gasteiger partial charge in [0, 0.05) is 19.3 Å². The second-order valence-corrected chi connectivity index (χ2v) is 21.3. The maximum absolute atomic E-state index is 12.8. The minimum absolute atomic E-state index is 0.0691. The predicted molar refractivity (Wildman–Crippen MR) is 321 cm³/mol. The van der Waals surface area contributed by atoms with Gasteiger partial charge in [-0.05, 0) is 70.6 Å². The summed E-state index contributed by atoms with van der Waals surface area (Å²) in [7, 11) is 0. The molecule has 0 aliphatic heterocycles. The van der Waals surface area contributed by atoms with E-state index in [1.165, 1.54) is 186 Å². The Bertz CT molecular complexity index is 1370. The van der Waals surface area contributed by atoms with E-state index in [-0.39, 0.29) is 31.1 Å². The average Bonchev–Trinajstić information content (AvgIpc) is 3.40. The van der Waals surface area contributed by atoms with Crippen LogP contribution in [0.5, 0.6) is 0 Å². The van der Waals surface area contributed by atoms with Crippen LogP contribution in [0.1, 0.15) is 323 Å². The third-order valence-electron chi connectivity index (χ3n) is 14.0. The van der Waals surface area contributed by atoms with Crippen molar-refractivity contribution in [1.29, 1.82) is 0 Å². The second-order valence-electron chi connectivity index (χ2n) is 21.3. The van der Waals surface area contributed by atoms with Gasteiger partial charge in [0.2, 0.25) is 0 Å². The van der Waals surface area contributed by atoms with Crippen LogP contribution in [0.25, 0.3) is 0 Å². The summed E-state index contributed by atoms with van der Waals surface area (Å²) in [5.41, 5.74) is 0. The Labute approximate surface area is 459 Å². The fourth-order valence-corrected chi connectivity index (χ4v) is 9.21. The van der Waals surface area contributed by atoms with E-state index in [1.54, 1.807) is 0 Å². The minimum Gasteiger partial charge on any atom is -0.462 e. The third-order valence-corrected chi connectivity index (χ3v) is 14.0. The van der Waals surface area contributed by atoms with E-state index in [2.05, 4.69) is 93.7 Å². The topological polar surface area (TPSA) is 78.9 Å². The number of hydrogen-bond acceptors (Lipinski definition) is 6. The fourth-order valence-electron chi connectivity index (χ4n) is 9.21. The first-order valence-electron chi connectivity index (χ1n) is 31.9. The van der Waals surface area contributed by atoms with Gasteiger partial charge in [-0.3, -0.25) is 14.4 Å². The maximum Gasteiger partial charge on any atom is 0.306 e. The van der Waals surface area contributed by atoms with Crippen molar-refractivity contribution in [3.63, 3.8) is 0 Å². The van der Waals surface area contributed by atoms with Crippen molar-refractivity contribution >= 4 is 17.9 Å². The number of unbranched alkanes of at least 4 members (excludes halogenated alkanes) is 35. The molecule has 0 heterocycles. The standard InChI is InChI=1S/C68H120O6/c1-4-7-10-13-16-19-21-23-25-26-27-28-29-30-31-32-33-34-35-36-37-38-39-40-41-42-43-45-46-49-52-55-58-61-67(70)73-64-65(63-72-66(69)60-57-54-51-48-18-15-12-9-6-3)74-68(71)62-59-56-53-50-47-44-24-22-20-17-14-11-8-5-2/h7,10,16,19,23,25,27-28,30-31,33-34,65H,4-6,8-9,11-15,17-18,20-22,24,26,29,32,35-64H2,1-3H3/b10-7-,19-16-,25-23-,28-27-,31-30-,34-33-. The molecule has 0 bridgehead atoms. The van der Waals surface area contributed by atoms with Crippen molar-refractivity contribution in [1.82, 2.24) is 0 Å². The van der Waals surface area contributed by atoms with Crippen LogP contribution in [0.2, 0.25) is 0 Å². The molecule has 6 nitrogen and oxygen atoms in total. The number of ether oxygens (including phenoxy) is 3. The average molecular weight is 1030 g/mol.